The van der Waals surface area contributed by atoms with Crippen LogP contribution in [0.1, 0.15) is 36.8 Å². The quantitative estimate of drug-likeness (QED) is 0.445. The molecule has 1 saturated carbocycles. The number of carbonyl (C=O) groups is 1. The first-order valence-electron chi connectivity index (χ1n) is 11.6. The Balaban J connectivity index is 1.50. The van der Waals surface area contributed by atoms with Crippen LogP contribution in [0.5, 0.6) is 5.88 Å². The van der Waals surface area contributed by atoms with E-state index in [9.17, 15) is 17.6 Å². The molecule has 1 aliphatic rings. The molecular weight excluding hydrogens is 469 g/mol. The maximum atomic E-state index is 14.2. The number of pyridine rings is 1. The van der Waals surface area contributed by atoms with Crippen LogP contribution in [-0.2, 0) is 27.8 Å². The van der Waals surface area contributed by atoms with Gasteiger partial charge in [-0.05, 0) is 55.9 Å². The van der Waals surface area contributed by atoms with Crippen LogP contribution < -0.4 is 14.8 Å². The molecule has 1 fully saturated rings. The molecule has 0 spiro atoms. The van der Waals surface area contributed by atoms with E-state index in [2.05, 4.69) is 15.0 Å². The lowest BCUT2D eigenvalue weighted by Gasteiger charge is -2.20. The third-order valence-electron chi connectivity index (χ3n) is 5.91. The van der Waals surface area contributed by atoms with Gasteiger partial charge in [-0.2, -0.15) is 4.72 Å². The summed E-state index contributed by atoms with van der Waals surface area (Å²) in [4.78, 5) is 17.0. The average Bonchev–Trinajstić information content (AvgIpc) is 3.37. The number of amides is 1. The van der Waals surface area contributed by atoms with Crippen molar-refractivity contribution in [2.45, 2.75) is 55.7 Å². The van der Waals surface area contributed by atoms with Crippen molar-refractivity contribution in [3.8, 4) is 5.88 Å². The lowest BCUT2D eigenvalue weighted by Crippen LogP contribution is -2.47. The van der Waals surface area contributed by atoms with Gasteiger partial charge in [0.1, 0.15) is 22.9 Å². The van der Waals surface area contributed by atoms with Gasteiger partial charge in [-0.3, -0.25) is 4.79 Å². The van der Waals surface area contributed by atoms with E-state index >= 15 is 0 Å². The Kier molecular flexibility index (Phi) is 8.09. The predicted molar refractivity (Wildman–Crippen MR) is 130 cm³/mol. The molecule has 35 heavy (non-hydrogen) atoms. The summed E-state index contributed by atoms with van der Waals surface area (Å²) in [7, 11) is -4.29. The minimum Gasteiger partial charge on any atom is -0.474 e. The van der Waals surface area contributed by atoms with E-state index in [0.29, 0.717) is 11.4 Å². The second-order valence-electron chi connectivity index (χ2n) is 8.50. The monoisotopic (exact) mass is 497 g/mol. The molecule has 1 unspecified atom stereocenters. The standard InChI is InChI=1S/C26H28FN3O4S/c27-22-14-6-7-15-24(22)35(32,33)30-23(17-19-9-2-1-3-10-19)25(31)29-18-20-11-8-16-28-26(20)34-21-12-4-5-13-21/h1-3,6-11,14-16,21,23,30H,4-5,12-13,17-18H2,(H,29,31). The Hall–Kier alpha value is -3.30. The highest BCUT2D eigenvalue weighted by atomic mass is 32.2. The summed E-state index contributed by atoms with van der Waals surface area (Å²) < 4.78 is 48.5. The van der Waals surface area contributed by atoms with Gasteiger partial charge in [-0.1, -0.05) is 48.5 Å². The van der Waals surface area contributed by atoms with Gasteiger partial charge in [0.05, 0.1) is 0 Å². The third kappa shape index (κ3) is 6.64. The van der Waals surface area contributed by atoms with Crippen molar-refractivity contribution < 1.29 is 22.3 Å². The molecule has 2 aromatic carbocycles. The molecule has 1 amide bonds. The zero-order valence-corrected chi connectivity index (χ0v) is 20.0. The maximum Gasteiger partial charge on any atom is 0.244 e. The molecule has 7 nitrogen and oxygen atoms in total. The van der Waals surface area contributed by atoms with Crippen molar-refractivity contribution in [3.63, 3.8) is 0 Å². The normalized spacial score (nSPS) is 15.0. The molecule has 1 heterocycles. The Morgan fingerprint density at radius 2 is 1.74 bits per heavy atom. The van der Waals surface area contributed by atoms with Gasteiger partial charge in [0.2, 0.25) is 21.8 Å². The third-order valence-corrected chi connectivity index (χ3v) is 7.41. The summed E-state index contributed by atoms with van der Waals surface area (Å²) in [6, 6.07) is 16.5. The van der Waals surface area contributed by atoms with Crippen LogP contribution >= 0.6 is 0 Å². The highest BCUT2D eigenvalue weighted by molar-refractivity contribution is 7.89. The van der Waals surface area contributed by atoms with Gasteiger partial charge in [0.15, 0.2) is 0 Å². The number of aromatic nitrogens is 1. The summed E-state index contributed by atoms with van der Waals surface area (Å²) in [5.74, 6) is -0.960. The fourth-order valence-corrected chi connectivity index (χ4v) is 5.36. The second kappa shape index (κ2) is 11.4. The average molecular weight is 498 g/mol. The number of hydrogen-bond donors (Lipinski definition) is 2. The molecule has 184 valence electrons. The van der Waals surface area contributed by atoms with E-state index in [1.54, 1.807) is 36.5 Å². The second-order valence-corrected chi connectivity index (χ2v) is 10.2. The number of nitrogens with one attached hydrogen (secondary N) is 2. The highest BCUT2D eigenvalue weighted by Gasteiger charge is 2.28. The predicted octanol–water partition coefficient (Wildman–Crippen LogP) is 3.75. The summed E-state index contributed by atoms with van der Waals surface area (Å²) >= 11 is 0. The molecule has 0 aliphatic heterocycles. The van der Waals surface area contributed by atoms with Crippen LogP contribution in [0.4, 0.5) is 4.39 Å². The van der Waals surface area contributed by atoms with E-state index in [4.69, 9.17) is 4.74 Å². The fourth-order valence-electron chi connectivity index (χ4n) is 4.09. The number of hydrogen-bond acceptors (Lipinski definition) is 5. The molecule has 3 aromatic rings. The summed E-state index contributed by atoms with van der Waals surface area (Å²) in [6.45, 7) is 0.113. The van der Waals surface area contributed by atoms with Gasteiger partial charge in [-0.25, -0.2) is 17.8 Å². The zero-order valence-electron chi connectivity index (χ0n) is 19.2. The Labute approximate surface area is 204 Å². The van der Waals surface area contributed by atoms with Crippen molar-refractivity contribution in [2.24, 2.45) is 0 Å². The topological polar surface area (TPSA) is 97.4 Å². The van der Waals surface area contributed by atoms with Gasteiger partial charge in [-0.15, -0.1) is 0 Å². The first kappa shape index (κ1) is 24.8. The SMILES string of the molecule is O=C(NCc1cccnc1OC1CCCC1)C(Cc1ccccc1)NS(=O)(=O)c1ccccc1F. The largest absolute Gasteiger partial charge is 0.474 e. The Morgan fingerprint density at radius 1 is 1.03 bits per heavy atom. The summed E-state index contributed by atoms with van der Waals surface area (Å²) in [6.07, 6.45) is 6.02. The minimum atomic E-state index is -4.29. The van der Waals surface area contributed by atoms with Crippen LogP contribution in [-0.4, -0.2) is 31.5 Å². The van der Waals surface area contributed by atoms with E-state index < -0.39 is 32.7 Å². The Bertz CT molecular complexity index is 1250. The molecule has 1 aromatic heterocycles. The van der Waals surface area contributed by atoms with Crippen molar-refractivity contribution in [1.29, 1.82) is 0 Å². The number of carbonyl (C=O) groups excluding carboxylic acids is 1. The van der Waals surface area contributed by atoms with Crippen molar-refractivity contribution in [2.75, 3.05) is 0 Å². The molecule has 2 N–H and O–H groups in total. The van der Waals surface area contributed by atoms with Crippen LogP contribution in [0, 0.1) is 5.82 Å². The molecule has 1 atom stereocenters. The first-order valence-corrected chi connectivity index (χ1v) is 13.1. The Morgan fingerprint density at radius 3 is 2.49 bits per heavy atom. The molecule has 9 heteroatoms. The number of halogens is 1. The van der Waals surface area contributed by atoms with E-state index in [1.807, 2.05) is 12.1 Å². The van der Waals surface area contributed by atoms with Crippen LogP contribution in [0.25, 0.3) is 0 Å². The van der Waals surface area contributed by atoms with Crippen LogP contribution in [0.15, 0.2) is 77.8 Å². The number of nitrogens with zero attached hydrogens (tertiary/aromatic N) is 1. The number of ether oxygens (including phenoxy) is 1. The van der Waals surface area contributed by atoms with Gasteiger partial charge < -0.3 is 10.1 Å². The zero-order chi connectivity index (χ0) is 24.7. The maximum absolute atomic E-state index is 14.2. The number of benzene rings is 2. The molecule has 1 aliphatic carbocycles. The van der Waals surface area contributed by atoms with E-state index in [0.717, 1.165) is 43.4 Å². The van der Waals surface area contributed by atoms with Crippen molar-refractivity contribution in [1.82, 2.24) is 15.0 Å². The van der Waals surface area contributed by atoms with Crippen LogP contribution in [0.2, 0.25) is 0 Å². The van der Waals surface area contributed by atoms with Crippen molar-refractivity contribution in [3.05, 3.63) is 89.9 Å². The molecule has 0 saturated heterocycles. The lowest BCUT2D eigenvalue weighted by atomic mass is 10.1. The smallest absolute Gasteiger partial charge is 0.244 e. The molecular formula is C26H28FN3O4S. The molecule has 0 radical (unpaired) electrons. The van der Waals surface area contributed by atoms with Crippen molar-refractivity contribution >= 4 is 15.9 Å². The van der Waals surface area contributed by atoms with Crippen LogP contribution in [0.3, 0.4) is 0 Å². The summed E-state index contributed by atoms with van der Waals surface area (Å²) in [5, 5.41) is 2.79. The van der Waals surface area contributed by atoms with Gasteiger partial charge >= 0.3 is 0 Å². The molecule has 4 rings (SSSR count). The minimum absolute atomic E-state index is 0.0961. The highest BCUT2D eigenvalue weighted by Crippen LogP contribution is 2.25. The van der Waals surface area contributed by atoms with Gasteiger partial charge in [0.25, 0.3) is 0 Å². The fraction of sp³-hybridized carbons (Fsp3) is 0.308. The lowest BCUT2D eigenvalue weighted by molar-refractivity contribution is -0.122. The first-order chi connectivity index (χ1) is 16.9. The number of rotatable bonds is 10. The van der Waals surface area contributed by atoms with E-state index in [1.165, 1.54) is 12.1 Å². The van der Waals surface area contributed by atoms with E-state index in [-0.39, 0.29) is 19.1 Å². The molecule has 0 bridgehead atoms. The number of sulfonamides is 1. The summed E-state index contributed by atoms with van der Waals surface area (Å²) in [5.41, 5.74) is 1.46. The van der Waals surface area contributed by atoms with Gasteiger partial charge in [0, 0.05) is 18.3 Å².